The van der Waals surface area contributed by atoms with Crippen molar-refractivity contribution in [1.29, 1.82) is 0 Å². The van der Waals surface area contributed by atoms with Crippen LogP contribution in [0.25, 0.3) is 5.69 Å². The van der Waals surface area contributed by atoms with Gasteiger partial charge in [-0.05, 0) is 43.9 Å². The highest BCUT2D eigenvalue weighted by Crippen LogP contribution is 2.32. The van der Waals surface area contributed by atoms with Crippen LogP contribution in [0.3, 0.4) is 0 Å². The molecule has 3 rings (SSSR count). The summed E-state index contributed by atoms with van der Waals surface area (Å²) in [6.07, 6.45) is 4.53. The van der Waals surface area contributed by atoms with Gasteiger partial charge in [0.1, 0.15) is 5.82 Å². The van der Waals surface area contributed by atoms with Gasteiger partial charge in [-0.3, -0.25) is 0 Å². The minimum atomic E-state index is 0.792. The van der Waals surface area contributed by atoms with Crippen LogP contribution in [0.1, 0.15) is 36.6 Å². The van der Waals surface area contributed by atoms with Crippen LogP contribution in [0, 0.1) is 6.92 Å². The van der Waals surface area contributed by atoms with Gasteiger partial charge in [-0.1, -0.05) is 31.0 Å². The number of fused-ring (bicyclic) bond motifs is 1. The van der Waals surface area contributed by atoms with E-state index in [0.29, 0.717) is 0 Å². The predicted octanol–water partition coefficient (Wildman–Crippen LogP) is 4.14. The number of anilines is 1. The summed E-state index contributed by atoms with van der Waals surface area (Å²) in [7, 11) is 0. The third kappa shape index (κ3) is 2.20. The molecule has 3 nitrogen and oxygen atoms in total. The number of unbranched alkanes of at least 4 members (excludes halogenated alkanes) is 1. The van der Waals surface area contributed by atoms with Crippen molar-refractivity contribution in [1.82, 2.24) is 9.78 Å². The van der Waals surface area contributed by atoms with Crippen LogP contribution in [0.4, 0.5) is 5.82 Å². The maximum atomic E-state index is 6.24. The number of aromatic nitrogens is 2. The van der Waals surface area contributed by atoms with Crippen LogP contribution in [0.5, 0.6) is 0 Å². The van der Waals surface area contributed by atoms with Crippen molar-refractivity contribution in [2.75, 3.05) is 11.9 Å². The van der Waals surface area contributed by atoms with Crippen molar-refractivity contribution in [2.45, 2.75) is 39.5 Å². The van der Waals surface area contributed by atoms with Gasteiger partial charge in [0, 0.05) is 17.1 Å². The fraction of sp³-hybridized carbons (Fsp3) is 0.438. The fourth-order valence-corrected chi connectivity index (χ4v) is 2.96. The average molecular weight is 290 g/mol. The summed E-state index contributed by atoms with van der Waals surface area (Å²) in [6.45, 7) is 5.27. The second-order valence-electron chi connectivity index (χ2n) is 5.35. The van der Waals surface area contributed by atoms with E-state index in [0.717, 1.165) is 41.5 Å². The number of hydrogen-bond acceptors (Lipinski definition) is 2. The van der Waals surface area contributed by atoms with E-state index in [2.05, 4.69) is 18.3 Å². The molecular weight excluding hydrogens is 270 g/mol. The number of aryl methyl sites for hydroxylation is 1. The van der Waals surface area contributed by atoms with Crippen LogP contribution in [0.15, 0.2) is 18.2 Å². The molecule has 0 atom stereocenters. The normalized spacial score (nSPS) is 13.3. The Hall–Kier alpha value is -1.48. The van der Waals surface area contributed by atoms with Gasteiger partial charge in [-0.2, -0.15) is 5.10 Å². The number of nitrogens with zero attached hydrogens (tertiary/aromatic N) is 2. The minimum Gasteiger partial charge on any atom is -0.369 e. The summed E-state index contributed by atoms with van der Waals surface area (Å²) in [5.41, 5.74) is 4.78. The zero-order chi connectivity index (χ0) is 14.1. The van der Waals surface area contributed by atoms with Gasteiger partial charge in [-0.25, -0.2) is 4.68 Å². The molecule has 106 valence electrons. The van der Waals surface area contributed by atoms with E-state index >= 15 is 0 Å². The number of rotatable bonds is 4. The highest BCUT2D eigenvalue weighted by molar-refractivity contribution is 6.31. The molecule has 1 aliphatic rings. The third-order valence-corrected chi connectivity index (χ3v) is 4.38. The lowest BCUT2D eigenvalue weighted by molar-refractivity contribution is 0.743. The zero-order valence-corrected chi connectivity index (χ0v) is 12.8. The molecule has 1 aromatic heterocycles. The minimum absolute atomic E-state index is 0.792. The second kappa shape index (κ2) is 5.49. The van der Waals surface area contributed by atoms with Crippen molar-refractivity contribution < 1.29 is 0 Å². The lowest BCUT2D eigenvalue weighted by Gasteiger charge is -2.10. The molecule has 2 aromatic rings. The Kier molecular flexibility index (Phi) is 3.70. The Morgan fingerprint density at radius 2 is 2.25 bits per heavy atom. The summed E-state index contributed by atoms with van der Waals surface area (Å²) in [5.74, 6) is 1.15. The summed E-state index contributed by atoms with van der Waals surface area (Å²) >= 11 is 6.24. The Bertz CT molecular complexity index is 631. The molecule has 2 heterocycles. The first-order valence-corrected chi connectivity index (χ1v) is 7.70. The van der Waals surface area contributed by atoms with E-state index in [1.54, 1.807) is 0 Å². The standard InChI is InChI=1S/C16H20ClN3/c1-3-4-7-14-12-9-10-18-16(12)20(19-14)15-8-5-6-13(17)11(15)2/h5-6,8,18H,3-4,7,9-10H2,1-2H3. The molecule has 4 heteroatoms. The van der Waals surface area contributed by atoms with Gasteiger partial charge in [0.15, 0.2) is 0 Å². The van der Waals surface area contributed by atoms with Crippen LogP contribution >= 0.6 is 11.6 Å². The molecule has 0 fully saturated rings. The first-order valence-electron chi connectivity index (χ1n) is 7.32. The maximum Gasteiger partial charge on any atom is 0.133 e. The SMILES string of the molecule is CCCCc1nn(-c2cccc(Cl)c2C)c2c1CCN2. The fourth-order valence-electron chi connectivity index (χ4n) is 2.79. The topological polar surface area (TPSA) is 29.9 Å². The van der Waals surface area contributed by atoms with Crippen LogP contribution in [-0.2, 0) is 12.8 Å². The van der Waals surface area contributed by atoms with E-state index in [1.807, 2.05) is 23.7 Å². The summed E-state index contributed by atoms with van der Waals surface area (Å²) in [4.78, 5) is 0. The average Bonchev–Trinajstić information content (AvgIpc) is 3.02. The summed E-state index contributed by atoms with van der Waals surface area (Å²) in [6, 6.07) is 5.99. The highest BCUT2D eigenvalue weighted by atomic mass is 35.5. The Balaban J connectivity index is 2.08. The van der Waals surface area contributed by atoms with E-state index in [1.165, 1.54) is 24.1 Å². The van der Waals surface area contributed by atoms with Crippen molar-refractivity contribution >= 4 is 17.4 Å². The van der Waals surface area contributed by atoms with Crippen LogP contribution in [0.2, 0.25) is 5.02 Å². The number of halogens is 1. The van der Waals surface area contributed by atoms with Gasteiger partial charge in [-0.15, -0.1) is 0 Å². The van der Waals surface area contributed by atoms with Crippen molar-refractivity contribution in [3.8, 4) is 5.69 Å². The monoisotopic (exact) mass is 289 g/mol. The van der Waals surface area contributed by atoms with Crippen LogP contribution in [-0.4, -0.2) is 16.3 Å². The number of benzene rings is 1. The molecule has 0 saturated carbocycles. The molecule has 1 N–H and O–H groups in total. The van der Waals surface area contributed by atoms with E-state index < -0.39 is 0 Å². The maximum absolute atomic E-state index is 6.24. The smallest absolute Gasteiger partial charge is 0.133 e. The summed E-state index contributed by atoms with van der Waals surface area (Å²) in [5, 5.41) is 9.10. The molecule has 0 radical (unpaired) electrons. The van der Waals surface area contributed by atoms with Crippen molar-refractivity contribution in [2.24, 2.45) is 0 Å². The van der Waals surface area contributed by atoms with E-state index in [-0.39, 0.29) is 0 Å². The molecular formula is C16H20ClN3. The molecule has 1 aromatic carbocycles. The lowest BCUT2D eigenvalue weighted by atomic mass is 10.1. The van der Waals surface area contributed by atoms with Crippen molar-refractivity contribution in [3.63, 3.8) is 0 Å². The van der Waals surface area contributed by atoms with Crippen molar-refractivity contribution in [3.05, 3.63) is 40.0 Å². The third-order valence-electron chi connectivity index (χ3n) is 3.97. The Morgan fingerprint density at radius 3 is 3.05 bits per heavy atom. The van der Waals surface area contributed by atoms with Gasteiger partial charge < -0.3 is 5.32 Å². The molecule has 0 unspecified atom stereocenters. The summed E-state index contributed by atoms with van der Waals surface area (Å²) < 4.78 is 2.04. The largest absolute Gasteiger partial charge is 0.369 e. The molecule has 0 bridgehead atoms. The van der Waals surface area contributed by atoms with Gasteiger partial charge in [0.2, 0.25) is 0 Å². The molecule has 0 aliphatic carbocycles. The Labute approximate surface area is 124 Å². The van der Waals surface area contributed by atoms with Gasteiger partial charge in [0.25, 0.3) is 0 Å². The van der Waals surface area contributed by atoms with E-state index in [9.17, 15) is 0 Å². The Morgan fingerprint density at radius 1 is 1.40 bits per heavy atom. The van der Waals surface area contributed by atoms with Gasteiger partial charge >= 0.3 is 0 Å². The molecule has 20 heavy (non-hydrogen) atoms. The first kappa shape index (κ1) is 13.5. The number of nitrogens with one attached hydrogen (secondary N) is 1. The number of hydrogen-bond donors (Lipinski definition) is 1. The molecule has 0 saturated heterocycles. The zero-order valence-electron chi connectivity index (χ0n) is 12.0. The van der Waals surface area contributed by atoms with Gasteiger partial charge in [0.05, 0.1) is 11.4 Å². The molecule has 0 amide bonds. The van der Waals surface area contributed by atoms with Crippen LogP contribution < -0.4 is 5.32 Å². The molecule has 0 spiro atoms. The second-order valence-corrected chi connectivity index (χ2v) is 5.76. The highest BCUT2D eigenvalue weighted by Gasteiger charge is 2.23. The predicted molar refractivity (Wildman–Crippen MR) is 84.1 cm³/mol. The lowest BCUT2D eigenvalue weighted by Crippen LogP contribution is -2.06. The first-order chi connectivity index (χ1) is 9.72. The molecule has 1 aliphatic heterocycles. The van der Waals surface area contributed by atoms with E-state index in [4.69, 9.17) is 16.7 Å². The quantitative estimate of drug-likeness (QED) is 0.916.